The molecular weight excluding hydrogens is 222 g/mol. The average molecular weight is 245 g/mol. The first-order chi connectivity index (χ1) is 8.92. The molecular formula is C16H23NO. The second-order valence-electron chi connectivity index (χ2n) is 5.71. The number of ether oxygens (including phenoxy) is 1. The predicted molar refractivity (Wildman–Crippen MR) is 73.6 cm³/mol. The Hall–Kier alpha value is -0.860. The van der Waals surface area contributed by atoms with Crippen LogP contribution in [0.2, 0.25) is 0 Å². The van der Waals surface area contributed by atoms with Crippen LogP contribution in [0.15, 0.2) is 24.3 Å². The lowest BCUT2D eigenvalue weighted by Gasteiger charge is -2.10. The fraction of sp³-hybridized carbons (Fsp3) is 0.625. The van der Waals surface area contributed by atoms with E-state index in [1.807, 2.05) is 0 Å². The van der Waals surface area contributed by atoms with E-state index in [-0.39, 0.29) is 0 Å². The lowest BCUT2D eigenvalue weighted by molar-refractivity contribution is 0.111. The zero-order chi connectivity index (χ0) is 12.2. The fourth-order valence-electron chi connectivity index (χ4n) is 2.26. The summed E-state index contributed by atoms with van der Waals surface area (Å²) in [5.41, 5.74) is 2.82. The van der Waals surface area contributed by atoms with Crippen molar-refractivity contribution in [2.45, 2.75) is 44.8 Å². The molecule has 2 saturated carbocycles. The molecule has 2 nitrogen and oxygen atoms in total. The van der Waals surface area contributed by atoms with Crippen molar-refractivity contribution >= 4 is 0 Å². The van der Waals surface area contributed by atoms with Gasteiger partial charge in [-0.1, -0.05) is 24.3 Å². The summed E-state index contributed by atoms with van der Waals surface area (Å²) in [4.78, 5) is 0. The molecule has 1 aromatic carbocycles. The highest BCUT2D eigenvalue weighted by Crippen LogP contribution is 2.29. The number of hydrogen-bond acceptors (Lipinski definition) is 2. The van der Waals surface area contributed by atoms with Crippen molar-refractivity contribution in [1.29, 1.82) is 0 Å². The third kappa shape index (κ3) is 3.82. The Kier molecular flexibility index (Phi) is 3.96. The molecule has 0 bridgehead atoms. The van der Waals surface area contributed by atoms with E-state index in [9.17, 15) is 0 Å². The molecule has 0 aliphatic heterocycles. The highest BCUT2D eigenvalue weighted by atomic mass is 16.5. The molecule has 2 heteroatoms. The van der Waals surface area contributed by atoms with Crippen LogP contribution in [0.5, 0.6) is 0 Å². The van der Waals surface area contributed by atoms with Crippen molar-refractivity contribution in [1.82, 2.24) is 5.32 Å². The van der Waals surface area contributed by atoms with E-state index < -0.39 is 0 Å². The summed E-state index contributed by atoms with van der Waals surface area (Å²) in [6.45, 7) is 2.84. The number of benzene rings is 1. The molecule has 0 aromatic heterocycles. The molecule has 98 valence electrons. The Balaban J connectivity index is 1.46. The van der Waals surface area contributed by atoms with E-state index >= 15 is 0 Å². The summed E-state index contributed by atoms with van der Waals surface area (Å²) in [6.07, 6.45) is 6.59. The first-order valence-electron chi connectivity index (χ1n) is 7.30. The highest BCUT2D eigenvalue weighted by Gasteiger charge is 2.21. The van der Waals surface area contributed by atoms with Gasteiger partial charge >= 0.3 is 0 Å². The van der Waals surface area contributed by atoms with Gasteiger partial charge in [-0.2, -0.15) is 0 Å². The quantitative estimate of drug-likeness (QED) is 0.760. The molecule has 2 aliphatic rings. The second kappa shape index (κ2) is 5.85. The Morgan fingerprint density at radius 1 is 1.06 bits per heavy atom. The maximum Gasteiger partial charge on any atom is 0.0719 e. The number of nitrogens with one attached hydrogen (secondary N) is 1. The minimum Gasteiger partial charge on any atom is -0.376 e. The minimum absolute atomic E-state index is 0.788. The van der Waals surface area contributed by atoms with Crippen LogP contribution < -0.4 is 5.32 Å². The summed E-state index contributed by atoms with van der Waals surface area (Å²) >= 11 is 0. The van der Waals surface area contributed by atoms with Gasteiger partial charge in [-0.05, 0) is 55.7 Å². The molecule has 0 saturated heterocycles. The molecule has 2 aliphatic carbocycles. The summed E-state index contributed by atoms with van der Waals surface area (Å²) in [6, 6.07) is 9.51. The number of hydrogen-bond donors (Lipinski definition) is 1. The van der Waals surface area contributed by atoms with Crippen molar-refractivity contribution in [3.8, 4) is 0 Å². The number of rotatable bonds is 8. The van der Waals surface area contributed by atoms with E-state index in [4.69, 9.17) is 4.74 Å². The molecule has 3 rings (SSSR count). The Morgan fingerprint density at radius 2 is 1.83 bits per heavy atom. The van der Waals surface area contributed by atoms with Gasteiger partial charge in [0.25, 0.3) is 0 Å². The lowest BCUT2D eigenvalue weighted by Crippen LogP contribution is -2.19. The van der Waals surface area contributed by atoms with Crippen LogP contribution in [0.25, 0.3) is 0 Å². The smallest absolute Gasteiger partial charge is 0.0719 e. The van der Waals surface area contributed by atoms with E-state index in [0.29, 0.717) is 0 Å². The highest BCUT2D eigenvalue weighted by molar-refractivity contribution is 5.26. The van der Waals surface area contributed by atoms with Crippen molar-refractivity contribution in [3.63, 3.8) is 0 Å². The van der Waals surface area contributed by atoms with E-state index in [2.05, 4.69) is 29.6 Å². The first-order valence-corrected chi connectivity index (χ1v) is 7.30. The third-order valence-electron chi connectivity index (χ3n) is 3.83. The summed E-state index contributed by atoms with van der Waals surface area (Å²) in [5, 5.41) is 3.58. The molecule has 2 fully saturated rings. The van der Waals surface area contributed by atoms with Crippen molar-refractivity contribution in [2.24, 2.45) is 5.92 Å². The van der Waals surface area contributed by atoms with Gasteiger partial charge in [0.15, 0.2) is 0 Å². The SMILES string of the molecule is c1ccc(COCC2CC2)c(CCNC2CC2)c1. The minimum atomic E-state index is 0.788. The third-order valence-corrected chi connectivity index (χ3v) is 3.83. The summed E-state index contributed by atoms with van der Waals surface area (Å²) < 4.78 is 5.80. The maximum atomic E-state index is 5.80. The summed E-state index contributed by atoms with van der Waals surface area (Å²) in [5.74, 6) is 0.855. The van der Waals surface area contributed by atoms with Gasteiger partial charge in [0.2, 0.25) is 0 Å². The van der Waals surface area contributed by atoms with Crippen LogP contribution in [0.4, 0.5) is 0 Å². The Labute approximate surface area is 110 Å². The van der Waals surface area contributed by atoms with Crippen molar-refractivity contribution in [3.05, 3.63) is 35.4 Å². The van der Waals surface area contributed by atoms with E-state index in [1.165, 1.54) is 36.8 Å². The van der Waals surface area contributed by atoms with Crippen LogP contribution in [0.1, 0.15) is 36.8 Å². The van der Waals surface area contributed by atoms with Crippen LogP contribution in [-0.4, -0.2) is 19.2 Å². The Bertz CT molecular complexity index is 345. The van der Waals surface area contributed by atoms with E-state index in [1.54, 1.807) is 0 Å². The van der Waals surface area contributed by atoms with Crippen molar-refractivity contribution < 1.29 is 4.74 Å². The molecule has 0 radical (unpaired) electrons. The van der Waals surface area contributed by atoms with Gasteiger partial charge in [0.1, 0.15) is 0 Å². The zero-order valence-corrected chi connectivity index (χ0v) is 11.0. The maximum absolute atomic E-state index is 5.80. The summed E-state index contributed by atoms with van der Waals surface area (Å²) in [7, 11) is 0. The molecule has 0 heterocycles. The molecule has 18 heavy (non-hydrogen) atoms. The average Bonchev–Trinajstić information content (AvgIpc) is 3.25. The largest absolute Gasteiger partial charge is 0.376 e. The molecule has 0 amide bonds. The van der Waals surface area contributed by atoms with Gasteiger partial charge < -0.3 is 10.1 Å². The van der Waals surface area contributed by atoms with Crippen LogP contribution in [0, 0.1) is 5.92 Å². The molecule has 1 aromatic rings. The zero-order valence-electron chi connectivity index (χ0n) is 11.0. The Morgan fingerprint density at radius 3 is 2.56 bits per heavy atom. The monoisotopic (exact) mass is 245 g/mol. The van der Waals surface area contributed by atoms with Crippen LogP contribution in [0.3, 0.4) is 0 Å². The molecule has 0 spiro atoms. The van der Waals surface area contributed by atoms with Gasteiger partial charge in [0.05, 0.1) is 6.61 Å². The molecule has 1 N–H and O–H groups in total. The normalized spacial score (nSPS) is 19.1. The lowest BCUT2D eigenvalue weighted by atomic mass is 10.1. The van der Waals surface area contributed by atoms with Gasteiger partial charge in [-0.3, -0.25) is 0 Å². The van der Waals surface area contributed by atoms with Gasteiger partial charge in [-0.15, -0.1) is 0 Å². The predicted octanol–water partition coefficient (Wildman–Crippen LogP) is 2.91. The van der Waals surface area contributed by atoms with E-state index in [0.717, 1.165) is 38.1 Å². The van der Waals surface area contributed by atoms with Gasteiger partial charge in [0, 0.05) is 12.6 Å². The van der Waals surface area contributed by atoms with Crippen molar-refractivity contribution in [2.75, 3.05) is 13.2 Å². The molecule has 0 unspecified atom stereocenters. The fourth-order valence-corrected chi connectivity index (χ4v) is 2.26. The topological polar surface area (TPSA) is 21.3 Å². The van der Waals surface area contributed by atoms with Crippen LogP contribution >= 0.6 is 0 Å². The second-order valence-corrected chi connectivity index (χ2v) is 5.71. The molecule has 0 atom stereocenters. The first kappa shape index (κ1) is 12.2. The standard InChI is InChI=1S/C16H23NO/c1-2-4-15(12-18-11-13-5-6-13)14(3-1)9-10-17-16-7-8-16/h1-4,13,16-17H,5-12H2. The van der Waals surface area contributed by atoms with Gasteiger partial charge in [-0.25, -0.2) is 0 Å². The van der Waals surface area contributed by atoms with Crippen LogP contribution in [-0.2, 0) is 17.8 Å².